The number of carboxylic acid groups (broad SMARTS) is 6. The van der Waals surface area contributed by atoms with Crippen LogP contribution in [0.4, 0.5) is 0 Å². The van der Waals surface area contributed by atoms with Crippen LogP contribution >= 0.6 is 0 Å². The molecule has 5 aromatic carbocycles. The standard InChI is InChI=1S/C14H10O4.C12H8O4.C8H6O4/c15-13(16)11-5-1-9(2-6-11)10-3-7-12(8-4-10)14(17)18;13-11(14)9-3-1-7-5-10(12(15)16)4-2-8(7)6-9;9-7(10)5-1-2-6(4-3-5)8(11)12/h1-8H,(H,15,16)(H,17,18);1-6H,(H,13,14)(H,15,16);1-4H,(H,9,10)(H,11,12). The fourth-order valence-corrected chi connectivity index (χ4v) is 3.88. The lowest BCUT2D eigenvalue weighted by atomic mass is 10.0. The zero-order chi connectivity index (χ0) is 34.0. The molecule has 5 rings (SSSR count). The highest BCUT2D eigenvalue weighted by Crippen LogP contribution is 2.21. The van der Waals surface area contributed by atoms with Crippen LogP contribution in [0.3, 0.4) is 0 Å². The molecule has 5 aromatic rings. The topological polar surface area (TPSA) is 224 Å². The molecule has 232 valence electrons. The van der Waals surface area contributed by atoms with Crippen LogP contribution in [0.5, 0.6) is 0 Å². The molecule has 0 bridgehead atoms. The van der Waals surface area contributed by atoms with E-state index in [1.807, 2.05) is 0 Å². The Morgan fingerprint density at radius 1 is 0.283 bits per heavy atom. The molecule has 12 nitrogen and oxygen atoms in total. The summed E-state index contributed by atoms with van der Waals surface area (Å²) in [5.74, 6) is -6.06. The second kappa shape index (κ2) is 15.1. The van der Waals surface area contributed by atoms with Crippen molar-refractivity contribution < 1.29 is 59.4 Å². The molecule has 0 atom stereocenters. The van der Waals surface area contributed by atoms with Gasteiger partial charge in [0.05, 0.1) is 33.4 Å². The van der Waals surface area contributed by atoms with Crippen LogP contribution in [0.2, 0.25) is 0 Å². The number of hydrogen-bond acceptors (Lipinski definition) is 6. The molecule has 0 saturated heterocycles. The van der Waals surface area contributed by atoms with Crippen molar-refractivity contribution in [2.24, 2.45) is 0 Å². The lowest BCUT2D eigenvalue weighted by molar-refractivity contribution is 0.0681. The largest absolute Gasteiger partial charge is 0.478 e. The molecule has 0 radical (unpaired) electrons. The Hall–Kier alpha value is -6.82. The van der Waals surface area contributed by atoms with Crippen molar-refractivity contribution in [1.82, 2.24) is 0 Å². The highest BCUT2D eigenvalue weighted by Gasteiger charge is 2.08. The third-order valence-electron chi connectivity index (χ3n) is 6.31. The van der Waals surface area contributed by atoms with Gasteiger partial charge in [-0.25, -0.2) is 28.8 Å². The Balaban J connectivity index is 0.000000192. The third kappa shape index (κ3) is 9.09. The van der Waals surface area contributed by atoms with Crippen molar-refractivity contribution in [3.63, 3.8) is 0 Å². The van der Waals surface area contributed by atoms with Crippen molar-refractivity contribution in [2.45, 2.75) is 0 Å². The molecule has 6 N–H and O–H groups in total. The third-order valence-corrected chi connectivity index (χ3v) is 6.31. The molecule has 0 saturated carbocycles. The summed E-state index contributed by atoms with van der Waals surface area (Å²) >= 11 is 0. The summed E-state index contributed by atoms with van der Waals surface area (Å²) in [5, 5.41) is 53.5. The van der Waals surface area contributed by atoms with Gasteiger partial charge in [-0.1, -0.05) is 36.4 Å². The average molecular weight is 625 g/mol. The fraction of sp³-hybridized carbons (Fsp3) is 0. The van der Waals surface area contributed by atoms with Crippen molar-refractivity contribution in [3.05, 3.63) is 143 Å². The maximum absolute atomic E-state index is 10.7. The molecule has 0 aliphatic carbocycles. The summed E-state index contributed by atoms with van der Waals surface area (Å²) < 4.78 is 0. The van der Waals surface area contributed by atoms with Crippen molar-refractivity contribution >= 4 is 46.6 Å². The van der Waals surface area contributed by atoms with Gasteiger partial charge in [-0.3, -0.25) is 0 Å². The first-order chi connectivity index (χ1) is 21.8. The SMILES string of the molecule is O=C(O)c1ccc(-c2ccc(C(=O)O)cc2)cc1.O=C(O)c1ccc(C(=O)O)cc1.O=C(O)c1ccc2cc(C(=O)O)ccc2c1. The molecule has 0 aromatic heterocycles. The summed E-state index contributed by atoms with van der Waals surface area (Å²) in [6, 6.07) is 27.0. The van der Waals surface area contributed by atoms with Crippen LogP contribution in [0, 0.1) is 0 Å². The second-order valence-electron chi connectivity index (χ2n) is 9.34. The first-order valence-electron chi connectivity index (χ1n) is 13.0. The van der Waals surface area contributed by atoms with E-state index in [-0.39, 0.29) is 33.4 Å². The average Bonchev–Trinajstić information content (AvgIpc) is 3.04. The Morgan fingerprint density at radius 3 is 0.696 bits per heavy atom. The quantitative estimate of drug-likeness (QED) is 0.121. The smallest absolute Gasteiger partial charge is 0.335 e. The second-order valence-corrected chi connectivity index (χ2v) is 9.34. The first kappa shape index (κ1) is 33.7. The van der Waals surface area contributed by atoms with Gasteiger partial charge in [0, 0.05) is 0 Å². The molecule has 0 heterocycles. The lowest BCUT2D eigenvalue weighted by Crippen LogP contribution is -1.99. The van der Waals surface area contributed by atoms with Crippen LogP contribution in [0.25, 0.3) is 21.9 Å². The van der Waals surface area contributed by atoms with E-state index < -0.39 is 35.8 Å². The van der Waals surface area contributed by atoms with E-state index in [1.165, 1.54) is 72.8 Å². The summed E-state index contributed by atoms with van der Waals surface area (Å²) in [6.07, 6.45) is 0. The zero-order valence-electron chi connectivity index (χ0n) is 23.5. The van der Waals surface area contributed by atoms with Gasteiger partial charge in [0.25, 0.3) is 0 Å². The minimum Gasteiger partial charge on any atom is -0.478 e. The van der Waals surface area contributed by atoms with Gasteiger partial charge in [0.15, 0.2) is 0 Å². The van der Waals surface area contributed by atoms with Crippen LogP contribution in [0.1, 0.15) is 62.1 Å². The summed E-state index contributed by atoms with van der Waals surface area (Å²) in [7, 11) is 0. The molecule has 0 aliphatic heterocycles. The highest BCUT2D eigenvalue weighted by molar-refractivity contribution is 5.98. The van der Waals surface area contributed by atoms with E-state index in [9.17, 15) is 28.8 Å². The van der Waals surface area contributed by atoms with Gasteiger partial charge in [0.1, 0.15) is 0 Å². The van der Waals surface area contributed by atoms with Crippen LogP contribution < -0.4 is 0 Å². The molecule has 12 heteroatoms. The molecular formula is C34H24O12. The Labute approximate surface area is 259 Å². The van der Waals surface area contributed by atoms with Gasteiger partial charge < -0.3 is 30.6 Å². The Bertz CT molecular complexity index is 1780. The van der Waals surface area contributed by atoms with E-state index in [1.54, 1.807) is 36.4 Å². The monoisotopic (exact) mass is 624 g/mol. The molecule has 0 amide bonds. The maximum atomic E-state index is 10.7. The molecule has 46 heavy (non-hydrogen) atoms. The molecule has 0 unspecified atom stereocenters. The minimum atomic E-state index is -1.06. The highest BCUT2D eigenvalue weighted by atomic mass is 16.4. The number of fused-ring (bicyclic) bond motifs is 1. The number of aromatic carboxylic acids is 6. The molecular weight excluding hydrogens is 600 g/mol. The summed E-state index contributed by atoms with van der Waals surface area (Å²) in [6.45, 7) is 0. The number of carboxylic acids is 6. The van der Waals surface area contributed by atoms with Gasteiger partial charge in [-0.05, 0) is 94.7 Å². The predicted octanol–water partition coefficient (Wildman–Crippen LogP) is 6.07. The number of hydrogen-bond donors (Lipinski definition) is 6. The zero-order valence-corrected chi connectivity index (χ0v) is 23.5. The van der Waals surface area contributed by atoms with Gasteiger partial charge in [-0.2, -0.15) is 0 Å². The van der Waals surface area contributed by atoms with Gasteiger partial charge in [-0.15, -0.1) is 0 Å². The Kier molecular flexibility index (Phi) is 11.0. The number of benzene rings is 5. The lowest BCUT2D eigenvalue weighted by Gasteiger charge is -2.03. The maximum Gasteiger partial charge on any atom is 0.335 e. The van der Waals surface area contributed by atoms with E-state index in [2.05, 4.69) is 0 Å². The van der Waals surface area contributed by atoms with E-state index in [4.69, 9.17) is 30.6 Å². The van der Waals surface area contributed by atoms with Crippen molar-refractivity contribution in [3.8, 4) is 11.1 Å². The fourth-order valence-electron chi connectivity index (χ4n) is 3.88. The summed E-state index contributed by atoms with van der Waals surface area (Å²) in [4.78, 5) is 63.5. The molecule has 0 aliphatic rings. The normalized spacial score (nSPS) is 9.91. The molecule has 0 spiro atoms. The summed E-state index contributed by atoms with van der Waals surface area (Å²) in [5.41, 5.74) is 2.68. The van der Waals surface area contributed by atoms with Crippen LogP contribution in [0.15, 0.2) is 109 Å². The predicted molar refractivity (Wildman–Crippen MR) is 164 cm³/mol. The number of carbonyl (C=O) groups is 6. The van der Waals surface area contributed by atoms with Crippen molar-refractivity contribution in [2.75, 3.05) is 0 Å². The van der Waals surface area contributed by atoms with Crippen molar-refractivity contribution in [1.29, 1.82) is 0 Å². The minimum absolute atomic E-state index is 0.0833. The van der Waals surface area contributed by atoms with Gasteiger partial charge in [0.2, 0.25) is 0 Å². The van der Waals surface area contributed by atoms with E-state index in [0.29, 0.717) is 10.8 Å². The molecule has 0 fully saturated rings. The van der Waals surface area contributed by atoms with Crippen LogP contribution in [-0.2, 0) is 0 Å². The van der Waals surface area contributed by atoms with E-state index >= 15 is 0 Å². The van der Waals surface area contributed by atoms with E-state index in [0.717, 1.165) is 11.1 Å². The number of rotatable bonds is 7. The Morgan fingerprint density at radius 2 is 0.478 bits per heavy atom. The van der Waals surface area contributed by atoms with Crippen LogP contribution in [-0.4, -0.2) is 66.5 Å². The first-order valence-corrected chi connectivity index (χ1v) is 13.0. The van der Waals surface area contributed by atoms with Gasteiger partial charge >= 0.3 is 35.8 Å².